The third-order valence-corrected chi connectivity index (χ3v) is 3.08. The Morgan fingerprint density at radius 1 is 1.50 bits per heavy atom. The minimum absolute atomic E-state index is 0.00485. The van der Waals surface area contributed by atoms with E-state index in [-0.39, 0.29) is 17.8 Å². The second kappa shape index (κ2) is 6.50. The summed E-state index contributed by atoms with van der Waals surface area (Å²) in [6.45, 7) is 1.38. The summed E-state index contributed by atoms with van der Waals surface area (Å²) in [7, 11) is 0. The maximum absolute atomic E-state index is 12.9. The summed E-state index contributed by atoms with van der Waals surface area (Å²) in [5, 5.41) is 2.85. The summed E-state index contributed by atoms with van der Waals surface area (Å²) in [6.07, 6.45) is 3.21. The van der Waals surface area contributed by atoms with Gasteiger partial charge in [-0.25, -0.2) is 4.39 Å². The van der Waals surface area contributed by atoms with Crippen molar-refractivity contribution in [3.05, 3.63) is 35.6 Å². The van der Waals surface area contributed by atoms with Gasteiger partial charge in [-0.3, -0.25) is 4.79 Å². The van der Waals surface area contributed by atoms with Gasteiger partial charge in [-0.1, -0.05) is 12.1 Å². The Kier molecular flexibility index (Phi) is 4.70. The fourth-order valence-corrected chi connectivity index (χ4v) is 2.07. The average Bonchev–Trinajstić information content (AvgIpc) is 2.87. The molecule has 98 valence electrons. The number of benzene rings is 1. The minimum atomic E-state index is -0.257. The molecular formula is C14H18FNO2. The van der Waals surface area contributed by atoms with Crippen LogP contribution in [-0.4, -0.2) is 25.2 Å². The van der Waals surface area contributed by atoms with Crippen LogP contribution in [0, 0.1) is 5.82 Å². The lowest BCUT2D eigenvalue weighted by atomic mass is 10.1. The number of halogens is 1. The molecule has 1 fully saturated rings. The molecule has 1 saturated heterocycles. The lowest BCUT2D eigenvalue weighted by molar-refractivity contribution is -0.121. The van der Waals surface area contributed by atoms with Gasteiger partial charge in [-0.05, 0) is 37.0 Å². The first-order chi connectivity index (χ1) is 8.74. The molecule has 0 unspecified atom stereocenters. The van der Waals surface area contributed by atoms with Crippen molar-refractivity contribution in [3.8, 4) is 0 Å². The zero-order chi connectivity index (χ0) is 12.8. The fraction of sp³-hybridized carbons (Fsp3) is 0.500. The van der Waals surface area contributed by atoms with Crippen LogP contribution in [0.1, 0.15) is 24.8 Å². The smallest absolute Gasteiger partial charge is 0.220 e. The monoisotopic (exact) mass is 251 g/mol. The number of amides is 1. The molecule has 1 aliphatic heterocycles. The standard InChI is InChI=1S/C14H18FNO2/c15-12-4-1-3-11(9-12)6-7-14(17)16-10-13-5-2-8-18-13/h1,3-4,9,13H,2,5-8,10H2,(H,16,17)/t13-/m1/s1. The van der Waals surface area contributed by atoms with Crippen LogP contribution in [0.25, 0.3) is 0 Å². The highest BCUT2D eigenvalue weighted by Gasteiger charge is 2.15. The van der Waals surface area contributed by atoms with E-state index < -0.39 is 0 Å². The number of rotatable bonds is 5. The van der Waals surface area contributed by atoms with Crippen molar-refractivity contribution in [1.82, 2.24) is 5.32 Å². The number of hydrogen-bond acceptors (Lipinski definition) is 2. The lowest BCUT2D eigenvalue weighted by Crippen LogP contribution is -2.31. The summed E-state index contributed by atoms with van der Waals surface area (Å²) in [6, 6.07) is 6.36. The first kappa shape index (κ1) is 13.0. The lowest BCUT2D eigenvalue weighted by Gasteiger charge is -2.10. The van der Waals surface area contributed by atoms with Crippen molar-refractivity contribution in [3.63, 3.8) is 0 Å². The van der Waals surface area contributed by atoms with Crippen molar-refractivity contribution in [2.75, 3.05) is 13.2 Å². The number of carbonyl (C=O) groups excluding carboxylic acids is 1. The molecule has 3 nitrogen and oxygen atoms in total. The van der Waals surface area contributed by atoms with E-state index in [9.17, 15) is 9.18 Å². The van der Waals surface area contributed by atoms with E-state index in [4.69, 9.17) is 4.74 Å². The molecule has 1 atom stereocenters. The molecule has 0 spiro atoms. The van der Waals surface area contributed by atoms with Crippen molar-refractivity contribution in [1.29, 1.82) is 0 Å². The van der Waals surface area contributed by atoms with Gasteiger partial charge >= 0.3 is 0 Å². The zero-order valence-corrected chi connectivity index (χ0v) is 10.3. The number of hydrogen-bond donors (Lipinski definition) is 1. The molecule has 0 aliphatic carbocycles. The third-order valence-electron chi connectivity index (χ3n) is 3.08. The van der Waals surface area contributed by atoms with Crippen LogP contribution < -0.4 is 5.32 Å². The van der Waals surface area contributed by atoms with Gasteiger partial charge in [0, 0.05) is 19.6 Å². The highest BCUT2D eigenvalue weighted by atomic mass is 19.1. The highest BCUT2D eigenvalue weighted by Crippen LogP contribution is 2.11. The summed E-state index contributed by atoms with van der Waals surface area (Å²) < 4.78 is 18.3. The van der Waals surface area contributed by atoms with E-state index in [1.807, 2.05) is 6.07 Å². The van der Waals surface area contributed by atoms with E-state index in [1.165, 1.54) is 12.1 Å². The Balaban J connectivity index is 1.68. The SMILES string of the molecule is O=C(CCc1cccc(F)c1)NC[C@H]1CCCO1. The topological polar surface area (TPSA) is 38.3 Å². The molecule has 0 bridgehead atoms. The van der Waals surface area contributed by atoms with Crippen molar-refractivity contribution < 1.29 is 13.9 Å². The van der Waals surface area contributed by atoms with Crippen molar-refractivity contribution in [2.45, 2.75) is 31.8 Å². The molecule has 0 radical (unpaired) electrons. The Morgan fingerprint density at radius 2 is 2.39 bits per heavy atom. The van der Waals surface area contributed by atoms with E-state index in [1.54, 1.807) is 6.07 Å². The van der Waals surface area contributed by atoms with Crippen LogP contribution in [-0.2, 0) is 16.0 Å². The van der Waals surface area contributed by atoms with Crippen LogP contribution in [0.3, 0.4) is 0 Å². The Bertz CT molecular complexity index is 403. The summed E-state index contributed by atoms with van der Waals surface area (Å²) >= 11 is 0. The van der Waals surface area contributed by atoms with Gasteiger partial charge in [-0.2, -0.15) is 0 Å². The minimum Gasteiger partial charge on any atom is -0.376 e. The molecule has 1 heterocycles. The summed E-state index contributed by atoms with van der Waals surface area (Å²) in [5.41, 5.74) is 0.849. The average molecular weight is 251 g/mol. The normalized spacial score (nSPS) is 18.8. The second-order valence-corrected chi connectivity index (χ2v) is 4.57. The second-order valence-electron chi connectivity index (χ2n) is 4.57. The van der Waals surface area contributed by atoms with Gasteiger partial charge in [0.15, 0.2) is 0 Å². The van der Waals surface area contributed by atoms with Crippen molar-refractivity contribution >= 4 is 5.91 Å². The molecule has 18 heavy (non-hydrogen) atoms. The predicted octanol–water partition coefficient (Wildman–Crippen LogP) is 2.05. The van der Waals surface area contributed by atoms with Crippen LogP contribution in [0.2, 0.25) is 0 Å². The fourth-order valence-electron chi connectivity index (χ4n) is 2.07. The molecule has 1 aliphatic rings. The van der Waals surface area contributed by atoms with Gasteiger partial charge in [-0.15, -0.1) is 0 Å². The quantitative estimate of drug-likeness (QED) is 0.869. The Hall–Kier alpha value is -1.42. The van der Waals surface area contributed by atoms with Gasteiger partial charge < -0.3 is 10.1 Å². The van der Waals surface area contributed by atoms with E-state index in [2.05, 4.69) is 5.32 Å². The number of ether oxygens (including phenoxy) is 1. The van der Waals surface area contributed by atoms with Crippen LogP contribution >= 0.6 is 0 Å². The Labute approximate surface area is 106 Å². The van der Waals surface area contributed by atoms with Crippen LogP contribution in [0.4, 0.5) is 4.39 Å². The van der Waals surface area contributed by atoms with E-state index in [0.717, 1.165) is 25.0 Å². The van der Waals surface area contributed by atoms with Gasteiger partial charge in [0.05, 0.1) is 6.10 Å². The molecular weight excluding hydrogens is 233 g/mol. The van der Waals surface area contributed by atoms with Gasteiger partial charge in [0.1, 0.15) is 5.82 Å². The molecule has 0 aromatic heterocycles. The van der Waals surface area contributed by atoms with Crippen LogP contribution in [0.5, 0.6) is 0 Å². The molecule has 0 saturated carbocycles. The molecule has 1 aromatic rings. The predicted molar refractivity (Wildman–Crippen MR) is 66.7 cm³/mol. The Morgan fingerprint density at radius 3 is 3.11 bits per heavy atom. The van der Waals surface area contributed by atoms with E-state index >= 15 is 0 Å². The number of nitrogens with one attached hydrogen (secondary N) is 1. The molecule has 1 amide bonds. The third kappa shape index (κ3) is 4.11. The molecule has 4 heteroatoms. The van der Waals surface area contributed by atoms with Crippen molar-refractivity contribution in [2.24, 2.45) is 0 Å². The number of carbonyl (C=O) groups is 1. The first-order valence-corrected chi connectivity index (χ1v) is 6.37. The summed E-state index contributed by atoms with van der Waals surface area (Å²) in [4.78, 5) is 11.6. The summed E-state index contributed by atoms with van der Waals surface area (Å²) in [5.74, 6) is -0.262. The maximum atomic E-state index is 12.9. The molecule has 1 N–H and O–H groups in total. The van der Waals surface area contributed by atoms with Crippen LogP contribution in [0.15, 0.2) is 24.3 Å². The first-order valence-electron chi connectivity index (χ1n) is 6.37. The maximum Gasteiger partial charge on any atom is 0.220 e. The molecule has 1 aromatic carbocycles. The van der Waals surface area contributed by atoms with Gasteiger partial charge in [0.2, 0.25) is 5.91 Å². The van der Waals surface area contributed by atoms with E-state index in [0.29, 0.717) is 19.4 Å². The number of aryl methyl sites for hydroxylation is 1. The highest BCUT2D eigenvalue weighted by molar-refractivity contribution is 5.76. The molecule has 2 rings (SSSR count). The van der Waals surface area contributed by atoms with Gasteiger partial charge in [0.25, 0.3) is 0 Å². The largest absolute Gasteiger partial charge is 0.376 e. The zero-order valence-electron chi connectivity index (χ0n) is 10.3.